The summed E-state index contributed by atoms with van der Waals surface area (Å²) in [6, 6.07) is 13.4. The quantitative estimate of drug-likeness (QED) is 0.662. The minimum atomic E-state index is -0.557. The molecule has 0 amide bonds. The van der Waals surface area contributed by atoms with Gasteiger partial charge in [-0.05, 0) is 29.8 Å². The van der Waals surface area contributed by atoms with Crippen molar-refractivity contribution in [3.63, 3.8) is 0 Å². The second-order valence-electron chi connectivity index (χ2n) is 4.12. The molecule has 4 nitrogen and oxygen atoms in total. The van der Waals surface area contributed by atoms with Crippen molar-refractivity contribution < 1.29 is 19.7 Å². The van der Waals surface area contributed by atoms with E-state index in [0.29, 0.717) is 0 Å². The molecule has 20 heavy (non-hydrogen) atoms. The zero-order valence-electron chi connectivity index (χ0n) is 10.7. The van der Waals surface area contributed by atoms with Crippen molar-refractivity contribution in [3.05, 3.63) is 65.7 Å². The lowest BCUT2D eigenvalue weighted by Gasteiger charge is -2.03. The highest BCUT2D eigenvalue weighted by Crippen LogP contribution is 2.25. The summed E-state index contributed by atoms with van der Waals surface area (Å²) < 4.78 is 5.03. The molecule has 0 saturated carbocycles. The number of carbonyl (C=O) groups excluding carboxylic acids is 1. The second-order valence-corrected chi connectivity index (χ2v) is 4.12. The molecule has 2 rings (SSSR count). The summed E-state index contributed by atoms with van der Waals surface area (Å²) in [5, 5.41) is 18.4. The Morgan fingerprint density at radius 2 is 1.80 bits per heavy atom. The molecule has 0 aliphatic carbocycles. The van der Waals surface area contributed by atoms with Crippen molar-refractivity contribution in [2.45, 2.75) is 0 Å². The van der Waals surface area contributed by atoms with Gasteiger partial charge in [0.2, 0.25) is 0 Å². The molecule has 0 aromatic heterocycles. The third-order valence-corrected chi connectivity index (χ3v) is 2.63. The van der Waals surface area contributed by atoms with E-state index in [2.05, 4.69) is 0 Å². The fraction of sp³-hybridized carbons (Fsp3) is 0.0625. The van der Waals surface area contributed by atoms with E-state index in [4.69, 9.17) is 9.84 Å². The molecule has 0 radical (unpaired) electrons. The van der Waals surface area contributed by atoms with Crippen LogP contribution in [0.2, 0.25) is 0 Å². The molecule has 2 N–H and O–H groups in total. The number of aromatic hydroxyl groups is 2. The van der Waals surface area contributed by atoms with E-state index in [0.717, 1.165) is 5.56 Å². The molecule has 0 saturated heterocycles. The number of hydrogen-bond donors (Lipinski definition) is 2. The van der Waals surface area contributed by atoms with Crippen LogP contribution in [-0.2, 0) is 4.74 Å². The normalized spacial score (nSPS) is 10.6. The van der Waals surface area contributed by atoms with E-state index in [1.807, 2.05) is 36.4 Å². The van der Waals surface area contributed by atoms with Crippen LogP contribution < -0.4 is 0 Å². The minimum absolute atomic E-state index is 0.134. The van der Waals surface area contributed by atoms with Gasteiger partial charge < -0.3 is 14.9 Å². The summed E-state index contributed by atoms with van der Waals surface area (Å²) in [7, 11) is 0. The Kier molecular flexibility index (Phi) is 4.39. The van der Waals surface area contributed by atoms with E-state index in [-0.39, 0.29) is 23.7 Å². The third-order valence-electron chi connectivity index (χ3n) is 2.63. The number of phenolic OH excluding ortho intramolecular Hbond substituents is 2. The molecule has 2 aromatic carbocycles. The Bertz CT molecular complexity index is 618. The fourth-order valence-corrected chi connectivity index (χ4v) is 1.61. The number of hydrogen-bond acceptors (Lipinski definition) is 4. The lowest BCUT2D eigenvalue weighted by atomic mass is 10.2. The zero-order valence-corrected chi connectivity index (χ0v) is 10.7. The molecule has 0 heterocycles. The minimum Gasteiger partial charge on any atom is -0.504 e. The van der Waals surface area contributed by atoms with Gasteiger partial charge in [-0.1, -0.05) is 36.4 Å². The average molecular weight is 270 g/mol. The number of phenols is 2. The van der Waals surface area contributed by atoms with Gasteiger partial charge in [-0.3, -0.25) is 0 Å². The van der Waals surface area contributed by atoms with Gasteiger partial charge in [0.05, 0.1) is 5.56 Å². The van der Waals surface area contributed by atoms with Crippen LogP contribution >= 0.6 is 0 Å². The molecular weight excluding hydrogens is 256 g/mol. The molecular formula is C16H14O4. The first-order valence-corrected chi connectivity index (χ1v) is 6.07. The predicted octanol–water partition coefficient (Wildman–Crippen LogP) is 2.97. The van der Waals surface area contributed by atoms with Gasteiger partial charge in [0.1, 0.15) is 6.61 Å². The Morgan fingerprint density at radius 3 is 2.50 bits per heavy atom. The van der Waals surface area contributed by atoms with E-state index in [9.17, 15) is 9.90 Å². The number of ether oxygens (including phenoxy) is 1. The highest BCUT2D eigenvalue weighted by molar-refractivity contribution is 5.90. The molecule has 0 spiro atoms. The maximum Gasteiger partial charge on any atom is 0.338 e. The summed E-state index contributed by atoms with van der Waals surface area (Å²) in [5.74, 6) is -1.18. The van der Waals surface area contributed by atoms with Gasteiger partial charge in [-0.2, -0.15) is 0 Å². The Labute approximate surface area is 116 Å². The van der Waals surface area contributed by atoms with Crippen LogP contribution in [0.5, 0.6) is 11.5 Å². The van der Waals surface area contributed by atoms with Crippen LogP contribution in [0.25, 0.3) is 6.08 Å². The van der Waals surface area contributed by atoms with Crippen LogP contribution in [0.3, 0.4) is 0 Å². The number of esters is 1. The second kappa shape index (κ2) is 6.43. The van der Waals surface area contributed by atoms with Crippen LogP contribution in [0, 0.1) is 0 Å². The number of rotatable bonds is 4. The lowest BCUT2D eigenvalue weighted by Crippen LogP contribution is -2.04. The third kappa shape index (κ3) is 3.62. The summed E-state index contributed by atoms with van der Waals surface area (Å²) >= 11 is 0. The maximum absolute atomic E-state index is 11.7. The van der Waals surface area contributed by atoms with Crippen molar-refractivity contribution in [1.29, 1.82) is 0 Å². The fourth-order valence-electron chi connectivity index (χ4n) is 1.61. The zero-order chi connectivity index (χ0) is 14.4. The number of benzene rings is 2. The van der Waals surface area contributed by atoms with Crippen LogP contribution in [0.1, 0.15) is 15.9 Å². The summed E-state index contributed by atoms with van der Waals surface area (Å²) in [5.41, 5.74) is 1.21. The Balaban J connectivity index is 1.89. The SMILES string of the molecule is O=C(OCC=Cc1ccccc1)c1ccc(O)c(O)c1. The van der Waals surface area contributed by atoms with Crippen molar-refractivity contribution >= 4 is 12.0 Å². The molecule has 0 atom stereocenters. The van der Waals surface area contributed by atoms with E-state index < -0.39 is 5.97 Å². The van der Waals surface area contributed by atoms with Crippen molar-refractivity contribution in [2.75, 3.05) is 6.61 Å². The van der Waals surface area contributed by atoms with Gasteiger partial charge in [0, 0.05) is 0 Å². The Morgan fingerprint density at radius 1 is 1.05 bits per heavy atom. The van der Waals surface area contributed by atoms with E-state index >= 15 is 0 Å². The van der Waals surface area contributed by atoms with Crippen LogP contribution in [-0.4, -0.2) is 22.8 Å². The average Bonchev–Trinajstić information content (AvgIpc) is 2.47. The highest BCUT2D eigenvalue weighted by atomic mass is 16.5. The molecule has 0 unspecified atom stereocenters. The van der Waals surface area contributed by atoms with Gasteiger partial charge in [-0.15, -0.1) is 0 Å². The van der Waals surface area contributed by atoms with Gasteiger partial charge in [0.25, 0.3) is 0 Å². The Hall–Kier alpha value is -2.75. The molecule has 0 bridgehead atoms. The molecule has 0 aliphatic heterocycles. The molecule has 2 aromatic rings. The smallest absolute Gasteiger partial charge is 0.338 e. The first kappa shape index (κ1) is 13.7. The molecule has 0 aliphatic rings. The molecule has 102 valence electrons. The molecule has 0 fully saturated rings. The van der Waals surface area contributed by atoms with E-state index in [1.54, 1.807) is 6.08 Å². The van der Waals surface area contributed by atoms with Crippen molar-refractivity contribution in [3.8, 4) is 11.5 Å². The summed E-state index contributed by atoms with van der Waals surface area (Å²) in [4.78, 5) is 11.7. The van der Waals surface area contributed by atoms with Gasteiger partial charge >= 0.3 is 5.97 Å². The van der Waals surface area contributed by atoms with Crippen LogP contribution in [0.15, 0.2) is 54.6 Å². The summed E-state index contributed by atoms with van der Waals surface area (Å²) in [6.07, 6.45) is 3.58. The van der Waals surface area contributed by atoms with E-state index in [1.165, 1.54) is 18.2 Å². The topological polar surface area (TPSA) is 66.8 Å². The van der Waals surface area contributed by atoms with Gasteiger partial charge in [-0.25, -0.2) is 4.79 Å². The van der Waals surface area contributed by atoms with Crippen molar-refractivity contribution in [2.24, 2.45) is 0 Å². The monoisotopic (exact) mass is 270 g/mol. The first-order chi connectivity index (χ1) is 9.66. The number of carbonyl (C=O) groups is 1. The molecule has 4 heteroatoms. The van der Waals surface area contributed by atoms with Crippen LogP contribution in [0.4, 0.5) is 0 Å². The standard InChI is InChI=1S/C16H14O4/c17-14-9-8-13(11-15(14)18)16(19)20-10-4-7-12-5-2-1-3-6-12/h1-9,11,17-18H,10H2. The largest absolute Gasteiger partial charge is 0.504 e. The maximum atomic E-state index is 11.7. The lowest BCUT2D eigenvalue weighted by molar-refractivity contribution is 0.0549. The van der Waals surface area contributed by atoms with Crippen molar-refractivity contribution in [1.82, 2.24) is 0 Å². The summed E-state index contributed by atoms with van der Waals surface area (Å²) in [6.45, 7) is 0.134. The highest BCUT2D eigenvalue weighted by Gasteiger charge is 2.09. The predicted molar refractivity (Wildman–Crippen MR) is 75.5 cm³/mol. The first-order valence-electron chi connectivity index (χ1n) is 6.07. The van der Waals surface area contributed by atoms with Gasteiger partial charge in [0.15, 0.2) is 11.5 Å².